The number of hydrogen-bond donors (Lipinski definition) is 3. The number of benzene rings is 3. The third kappa shape index (κ3) is 5.29. The highest BCUT2D eigenvalue weighted by Crippen LogP contribution is 2.29. The van der Waals surface area contributed by atoms with Crippen LogP contribution in [0.15, 0.2) is 85.1 Å². The van der Waals surface area contributed by atoms with E-state index in [1.807, 2.05) is 24.3 Å². The maximum atomic E-state index is 12.0. The van der Waals surface area contributed by atoms with Crippen LogP contribution in [-0.2, 0) is 11.2 Å². The number of hydrogen-bond acceptors (Lipinski definition) is 6. The van der Waals surface area contributed by atoms with Gasteiger partial charge in [0, 0.05) is 28.4 Å². The van der Waals surface area contributed by atoms with E-state index in [0.717, 1.165) is 16.5 Å². The third-order valence-corrected chi connectivity index (χ3v) is 6.05. The molecule has 0 radical (unpaired) electrons. The summed E-state index contributed by atoms with van der Waals surface area (Å²) < 4.78 is 6.03. The van der Waals surface area contributed by atoms with Gasteiger partial charge in [0.05, 0.1) is 11.0 Å². The first-order valence-corrected chi connectivity index (χ1v) is 11.7. The molecule has 8 nitrogen and oxygen atoms in total. The lowest BCUT2D eigenvalue weighted by atomic mass is 10.0. The molecule has 0 aliphatic carbocycles. The van der Waals surface area contributed by atoms with Crippen molar-refractivity contribution < 1.29 is 24.5 Å². The summed E-state index contributed by atoms with van der Waals surface area (Å²) in [5.41, 5.74) is 1.88. The number of aliphatic carboxylic acids is 1. The topological polar surface area (TPSA) is 122 Å². The standard InChI is InChI=1S/C28H20ClN3O5/c29-18-7-10-22-17(14-18)15-21(27(33)34)26(31-22)32-24(28(35)36)13-16-5-8-19(9-6-16)37-25-11-12-30-23-4-2-1-3-20(23)25/h1-12,14-15,24H,13H2,(H,31,32)(H,33,34)(H,35,36)/t24-/m0/s1. The number of ether oxygens (including phenoxy) is 1. The van der Waals surface area contributed by atoms with Gasteiger partial charge in [-0.15, -0.1) is 0 Å². The zero-order chi connectivity index (χ0) is 25.9. The molecule has 0 spiro atoms. The van der Waals surface area contributed by atoms with Gasteiger partial charge in [-0.1, -0.05) is 35.9 Å². The maximum absolute atomic E-state index is 12.0. The number of aromatic carboxylic acids is 1. The van der Waals surface area contributed by atoms with Crippen molar-refractivity contribution in [2.24, 2.45) is 0 Å². The number of para-hydroxylation sites is 1. The number of carboxylic acids is 2. The number of carboxylic acid groups (broad SMARTS) is 2. The predicted molar refractivity (Wildman–Crippen MR) is 141 cm³/mol. The fourth-order valence-electron chi connectivity index (χ4n) is 4.00. The second-order valence-electron chi connectivity index (χ2n) is 8.34. The molecule has 3 N–H and O–H groups in total. The summed E-state index contributed by atoms with van der Waals surface area (Å²) in [6, 6.07) is 21.7. The summed E-state index contributed by atoms with van der Waals surface area (Å²) in [5, 5.41) is 24.2. The van der Waals surface area contributed by atoms with E-state index < -0.39 is 18.0 Å². The van der Waals surface area contributed by atoms with E-state index in [-0.39, 0.29) is 17.8 Å². The number of pyridine rings is 2. The quantitative estimate of drug-likeness (QED) is 0.230. The molecule has 0 aliphatic rings. The molecule has 0 saturated heterocycles. The average molecular weight is 514 g/mol. The highest BCUT2D eigenvalue weighted by Gasteiger charge is 2.22. The minimum Gasteiger partial charge on any atom is -0.480 e. The van der Waals surface area contributed by atoms with Crippen LogP contribution in [0.4, 0.5) is 5.82 Å². The van der Waals surface area contributed by atoms with Crippen LogP contribution in [0.2, 0.25) is 5.02 Å². The molecule has 2 heterocycles. The Morgan fingerprint density at radius 3 is 2.49 bits per heavy atom. The molecule has 0 saturated carbocycles. The number of fused-ring (bicyclic) bond motifs is 2. The van der Waals surface area contributed by atoms with Crippen LogP contribution in [0.3, 0.4) is 0 Å². The first-order chi connectivity index (χ1) is 17.9. The fraction of sp³-hybridized carbons (Fsp3) is 0.0714. The van der Waals surface area contributed by atoms with Gasteiger partial charge in [-0.05, 0) is 60.2 Å². The van der Waals surface area contributed by atoms with Crippen LogP contribution >= 0.6 is 11.6 Å². The first kappa shape index (κ1) is 24.0. The lowest BCUT2D eigenvalue weighted by molar-refractivity contribution is -0.137. The molecule has 0 amide bonds. The van der Waals surface area contributed by atoms with E-state index in [9.17, 15) is 19.8 Å². The Hall–Kier alpha value is -4.69. The summed E-state index contributed by atoms with van der Waals surface area (Å²) >= 11 is 6.01. The summed E-state index contributed by atoms with van der Waals surface area (Å²) in [5.74, 6) is -1.15. The van der Waals surface area contributed by atoms with Gasteiger partial charge in [-0.2, -0.15) is 0 Å². The molecule has 0 fully saturated rings. The van der Waals surface area contributed by atoms with Gasteiger partial charge >= 0.3 is 11.9 Å². The number of anilines is 1. The fourth-order valence-corrected chi connectivity index (χ4v) is 4.18. The minimum absolute atomic E-state index is 0.0285. The molecule has 37 heavy (non-hydrogen) atoms. The molecule has 0 bridgehead atoms. The zero-order valence-corrected chi connectivity index (χ0v) is 20.0. The summed E-state index contributed by atoms with van der Waals surface area (Å²) in [7, 11) is 0. The van der Waals surface area contributed by atoms with Crippen molar-refractivity contribution in [1.82, 2.24) is 9.97 Å². The van der Waals surface area contributed by atoms with Gasteiger partial charge in [0.1, 0.15) is 28.9 Å². The summed E-state index contributed by atoms with van der Waals surface area (Å²) in [4.78, 5) is 32.6. The number of rotatable bonds is 8. The van der Waals surface area contributed by atoms with Crippen molar-refractivity contribution in [1.29, 1.82) is 0 Å². The number of halogens is 1. The molecule has 9 heteroatoms. The molecule has 1 atom stereocenters. The Morgan fingerprint density at radius 1 is 0.946 bits per heavy atom. The van der Waals surface area contributed by atoms with Crippen LogP contribution in [0, 0.1) is 0 Å². The summed E-state index contributed by atoms with van der Waals surface area (Å²) in [6.07, 6.45) is 1.77. The number of nitrogens with zero attached hydrogens (tertiary/aromatic N) is 2. The van der Waals surface area contributed by atoms with Crippen molar-refractivity contribution in [3.63, 3.8) is 0 Å². The molecule has 0 aliphatic heterocycles. The largest absolute Gasteiger partial charge is 0.480 e. The normalized spacial score (nSPS) is 11.8. The molecule has 2 aromatic heterocycles. The molecule has 3 aromatic carbocycles. The van der Waals surface area contributed by atoms with E-state index in [0.29, 0.717) is 27.4 Å². The van der Waals surface area contributed by atoms with E-state index >= 15 is 0 Å². The van der Waals surface area contributed by atoms with Crippen molar-refractivity contribution in [2.45, 2.75) is 12.5 Å². The molecule has 5 aromatic rings. The van der Waals surface area contributed by atoms with Gasteiger partial charge in [-0.3, -0.25) is 4.98 Å². The van der Waals surface area contributed by atoms with E-state index in [1.54, 1.807) is 54.7 Å². The average Bonchev–Trinajstić information content (AvgIpc) is 2.89. The monoisotopic (exact) mass is 513 g/mol. The Labute approximate surface area is 216 Å². The molecule has 0 unspecified atom stereocenters. The number of carbonyl (C=O) groups is 2. The highest BCUT2D eigenvalue weighted by molar-refractivity contribution is 6.31. The number of nitrogens with one attached hydrogen (secondary N) is 1. The van der Waals surface area contributed by atoms with Crippen LogP contribution in [-0.4, -0.2) is 38.2 Å². The van der Waals surface area contributed by atoms with Crippen molar-refractivity contribution in [2.75, 3.05) is 5.32 Å². The SMILES string of the molecule is O=C(O)c1cc2cc(Cl)ccc2nc1N[C@@H](Cc1ccc(Oc2ccnc3ccccc23)cc1)C(=O)O. The Bertz CT molecular complexity index is 1630. The first-order valence-electron chi connectivity index (χ1n) is 11.3. The third-order valence-electron chi connectivity index (χ3n) is 5.82. The van der Waals surface area contributed by atoms with Crippen molar-refractivity contribution in [3.05, 3.63) is 101 Å². The van der Waals surface area contributed by atoms with Gasteiger partial charge in [0.25, 0.3) is 0 Å². The van der Waals surface area contributed by atoms with Gasteiger partial charge in [0.15, 0.2) is 0 Å². The molecular formula is C28H20ClN3O5. The smallest absolute Gasteiger partial charge is 0.339 e. The van der Waals surface area contributed by atoms with Crippen LogP contribution in [0.1, 0.15) is 15.9 Å². The Kier molecular flexibility index (Phi) is 6.57. The number of aromatic nitrogens is 2. The molecular weight excluding hydrogens is 494 g/mol. The Balaban J connectivity index is 1.36. The van der Waals surface area contributed by atoms with Gasteiger partial charge in [0.2, 0.25) is 0 Å². The van der Waals surface area contributed by atoms with E-state index in [2.05, 4.69) is 15.3 Å². The second kappa shape index (κ2) is 10.1. The molecule has 184 valence electrons. The highest BCUT2D eigenvalue weighted by atomic mass is 35.5. The lowest BCUT2D eigenvalue weighted by Gasteiger charge is -2.17. The second-order valence-corrected chi connectivity index (χ2v) is 8.77. The molecule has 5 rings (SSSR count). The Morgan fingerprint density at radius 2 is 1.73 bits per heavy atom. The van der Waals surface area contributed by atoms with Crippen LogP contribution < -0.4 is 10.1 Å². The predicted octanol–water partition coefficient (Wildman–Crippen LogP) is 6.03. The maximum Gasteiger partial charge on any atom is 0.339 e. The van der Waals surface area contributed by atoms with Crippen LogP contribution in [0.5, 0.6) is 11.5 Å². The van der Waals surface area contributed by atoms with Crippen molar-refractivity contribution in [3.8, 4) is 11.5 Å². The van der Waals surface area contributed by atoms with Crippen molar-refractivity contribution >= 4 is 51.2 Å². The summed E-state index contributed by atoms with van der Waals surface area (Å²) in [6.45, 7) is 0. The van der Waals surface area contributed by atoms with Crippen LogP contribution in [0.25, 0.3) is 21.8 Å². The van der Waals surface area contributed by atoms with E-state index in [1.165, 1.54) is 6.07 Å². The van der Waals surface area contributed by atoms with Gasteiger partial charge < -0.3 is 20.3 Å². The van der Waals surface area contributed by atoms with Gasteiger partial charge in [-0.25, -0.2) is 14.6 Å². The zero-order valence-electron chi connectivity index (χ0n) is 19.3. The van der Waals surface area contributed by atoms with E-state index in [4.69, 9.17) is 16.3 Å². The minimum atomic E-state index is -1.23. The lowest BCUT2D eigenvalue weighted by Crippen LogP contribution is -2.32.